The van der Waals surface area contributed by atoms with E-state index < -0.39 is 0 Å². The number of pyridine rings is 1. The van der Waals surface area contributed by atoms with E-state index in [1.807, 2.05) is 6.07 Å². The molecule has 2 N–H and O–H groups in total. The molecule has 18 heavy (non-hydrogen) atoms. The first kappa shape index (κ1) is 12.7. The molecule has 0 unspecified atom stereocenters. The highest BCUT2D eigenvalue weighted by Crippen LogP contribution is 2.32. The molecule has 0 atom stereocenters. The van der Waals surface area contributed by atoms with E-state index in [1.165, 1.54) is 0 Å². The van der Waals surface area contributed by atoms with Gasteiger partial charge in [0, 0.05) is 10.6 Å². The predicted molar refractivity (Wildman–Crippen MR) is 73.4 cm³/mol. The normalized spacial score (nSPS) is 10.1. The first-order valence-electron chi connectivity index (χ1n) is 5.19. The summed E-state index contributed by atoms with van der Waals surface area (Å²) in [7, 11) is 0. The minimum Gasteiger partial charge on any atom is -0.397 e. The lowest BCUT2D eigenvalue weighted by Gasteiger charge is -2.08. The molecule has 0 aliphatic heterocycles. The lowest BCUT2D eigenvalue weighted by molar-refractivity contribution is 1.12. The average Bonchev–Trinajstić information content (AvgIpc) is 2.33. The number of rotatable bonds is 2. The van der Waals surface area contributed by atoms with Gasteiger partial charge in [-0.1, -0.05) is 23.2 Å². The quantitative estimate of drug-likeness (QED) is 0.910. The molecule has 1 aromatic carbocycles. The van der Waals surface area contributed by atoms with Gasteiger partial charge in [-0.25, -0.2) is 4.98 Å². The Morgan fingerprint density at radius 3 is 2.67 bits per heavy atom. The van der Waals surface area contributed by atoms with Gasteiger partial charge in [-0.05, 0) is 30.3 Å². The second-order valence-electron chi connectivity index (χ2n) is 3.70. The van der Waals surface area contributed by atoms with Crippen LogP contribution in [0.2, 0.25) is 10.0 Å². The van der Waals surface area contributed by atoms with Crippen LogP contribution in [-0.2, 0) is 6.42 Å². The number of halogens is 2. The van der Waals surface area contributed by atoms with Gasteiger partial charge in [-0.15, -0.1) is 0 Å². The van der Waals surface area contributed by atoms with E-state index in [0.29, 0.717) is 32.7 Å². The number of anilines is 1. The molecule has 0 aliphatic carbocycles. The SMILES string of the molecule is N#CCc1ccc(N)c(-c2ccc(Cl)cc2Cl)n1. The molecule has 90 valence electrons. The summed E-state index contributed by atoms with van der Waals surface area (Å²) in [6, 6.07) is 10.6. The molecule has 2 aromatic rings. The van der Waals surface area contributed by atoms with Crippen molar-refractivity contribution in [3.63, 3.8) is 0 Å². The van der Waals surface area contributed by atoms with Crippen molar-refractivity contribution in [3.8, 4) is 17.3 Å². The first-order chi connectivity index (χ1) is 8.61. The summed E-state index contributed by atoms with van der Waals surface area (Å²) >= 11 is 12.0. The molecule has 0 bridgehead atoms. The van der Waals surface area contributed by atoms with Crippen molar-refractivity contribution in [1.29, 1.82) is 5.26 Å². The van der Waals surface area contributed by atoms with Crippen molar-refractivity contribution in [2.75, 3.05) is 5.73 Å². The zero-order valence-electron chi connectivity index (χ0n) is 9.32. The largest absolute Gasteiger partial charge is 0.397 e. The monoisotopic (exact) mass is 277 g/mol. The fourth-order valence-electron chi connectivity index (χ4n) is 1.59. The van der Waals surface area contributed by atoms with Crippen molar-refractivity contribution >= 4 is 28.9 Å². The van der Waals surface area contributed by atoms with E-state index in [9.17, 15) is 0 Å². The Morgan fingerprint density at radius 2 is 2.00 bits per heavy atom. The Morgan fingerprint density at radius 1 is 1.22 bits per heavy atom. The third-order valence-electron chi connectivity index (χ3n) is 2.43. The Balaban J connectivity index is 2.56. The molecule has 5 heteroatoms. The van der Waals surface area contributed by atoms with Crippen LogP contribution in [0.1, 0.15) is 5.69 Å². The molecule has 0 radical (unpaired) electrons. The fourth-order valence-corrected chi connectivity index (χ4v) is 2.09. The van der Waals surface area contributed by atoms with E-state index >= 15 is 0 Å². The van der Waals surface area contributed by atoms with Crippen LogP contribution in [0.3, 0.4) is 0 Å². The number of nitrogens with zero attached hydrogens (tertiary/aromatic N) is 2. The zero-order valence-corrected chi connectivity index (χ0v) is 10.8. The Labute approximate surface area is 115 Å². The highest BCUT2D eigenvalue weighted by atomic mass is 35.5. The summed E-state index contributed by atoms with van der Waals surface area (Å²) in [5, 5.41) is 9.71. The van der Waals surface area contributed by atoms with Gasteiger partial charge < -0.3 is 5.73 Å². The standard InChI is InChI=1S/C13H9Cl2N3/c14-8-1-3-10(11(15)7-8)13-12(17)4-2-9(18-13)5-6-16/h1-4,7H,5,17H2. The third kappa shape index (κ3) is 2.56. The molecular formula is C13H9Cl2N3. The maximum Gasteiger partial charge on any atom is 0.0949 e. The summed E-state index contributed by atoms with van der Waals surface area (Å²) in [6.07, 6.45) is 0.235. The van der Waals surface area contributed by atoms with Crippen molar-refractivity contribution < 1.29 is 0 Å². The number of nitriles is 1. The molecule has 0 aliphatic rings. The number of benzene rings is 1. The zero-order chi connectivity index (χ0) is 13.1. The maximum atomic E-state index is 8.68. The summed E-state index contributed by atoms with van der Waals surface area (Å²) in [4.78, 5) is 4.35. The average molecular weight is 278 g/mol. The molecule has 0 amide bonds. The van der Waals surface area contributed by atoms with Crippen LogP contribution in [0.5, 0.6) is 0 Å². The van der Waals surface area contributed by atoms with Gasteiger partial charge in [0.25, 0.3) is 0 Å². The highest BCUT2D eigenvalue weighted by molar-refractivity contribution is 6.36. The van der Waals surface area contributed by atoms with Gasteiger partial charge in [-0.2, -0.15) is 5.26 Å². The number of hydrogen-bond donors (Lipinski definition) is 1. The number of aromatic nitrogens is 1. The van der Waals surface area contributed by atoms with E-state index in [1.54, 1.807) is 30.3 Å². The van der Waals surface area contributed by atoms with Gasteiger partial charge in [0.2, 0.25) is 0 Å². The Hall–Kier alpha value is -1.76. The van der Waals surface area contributed by atoms with Gasteiger partial charge in [0.05, 0.1) is 34.6 Å². The molecule has 2 rings (SSSR count). The van der Waals surface area contributed by atoms with Crippen LogP contribution in [-0.4, -0.2) is 4.98 Å². The van der Waals surface area contributed by atoms with Crippen LogP contribution in [0.15, 0.2) is 30.3 Å². The number of hydrogen-bond acceptors (Lipinski definition) is 3. The number of nitrogen functional groups attached to an aromatic ring is 1. The van der Waals surface area contributed by atoms with Crippen LogP contribution in [0.25, 0.3) is 11.3 Å². The fraction of sp³-hybridized carbons (Fsp3) is 0.0769. The molecule has 0 saturated carbocycles. The van der Waals surface area contributed by atoms with Gasteiger partial charge >= 0.3 is 0 Å². The molecule has 0 saturated heterocycles. The lowest BCUT2D eigenvalue weighted by atomic mass is 10.1. The Kier molecular flexibility index (Phi) is 3.71. The van der Waals surface area contributed by atoms with E-state index in [2.05, 4.69) is 4.98 Å². The maximum absolute atomic E-state index is 8.68. The van der Waals surface area contributed by atoms with E-state index in [0.717, 1.165) is 0 Å². The minimum atomic E-state index is 0.235. The first-order valence-corrected chi connectivity index (χ1v) is 5.95. The van der Waals surface area contributed by atoms with Crippen molar-refractivity contribution in [2.24, 2.45) is 0 Å². The summed E-state index contributed by atoms with van der Waals surface area (Å²) < 4.78 is 0. The third-order valence-corrected chi connectivity index (χ3v) is 2.98. The second-order valence-corrected chi connectivity index (χ2v) is 4.54. The molecule has 1 aromatic heterocycles. The van der Waals surface area contributed by atoms with Crippen molar-refractivity contribution in [1.82, 2.24) is 4.98 Å². The molecular weight excluding hydrogens is 269 g/mol. The van der Waals surface area contributed by atoms with Crippen LogP contribution < -0.4 is 5.73 Å². The molecule has 0 fully saturated rings. The topological polar surface area (TPSA) is 62.7 Å². The summed E-state index contributed by atoms with van der Waals surface area (Å²) in [5.41, 5.74) is 8.34. The van der Waals surface area contributed by atoms with E-state index in [4.69, 9.17) is 34.2 Å². The minimum absolute atomic E-state index is 0.235. The summed E-state index contributed by atoms with van der Waals surface area (Å²) in [6.45, 7) is 0. The predicted octanol–water partition coefficient (Wildman–Crippen LogP) is 3.70. The van der Waals surface area contributed by atoms with Crippen LogP contribution in [0, 0.1) is 11.3 Å². The van der Waals surface area contributed by atoms with Crippen molar-refractivity contribution in [2.45, 2.75) is 6.42 Å². The van der Waals surface area contributed by atoms with Gasteiger partial charge in [0.1, 0.15) is 0 Å². The van der Waals surface area contributed by atoms with E-state index in [-0.39, 0.29) is 6.42 Å². The van der Waals surface area contributed by atoms with Crippen LogP contribution >= 0.6 is 23.2 Å². The highest BCUT2D eigenvalue weighted by Gasteiger charge is 2.10. The van der Waals surface area contributed by atoms with Crippen molar-refractivity contribution in [3.05, 3.63) is 46.1 Å². The summed E-state index contributed by atoms with van der Waals surface area (Å²) in [5.74, 6) is 0. The molecule has 1 heterocycles. The Bertz CT molecular complexity index is 633. The lowest BCUT2D eigenvalue weighted by Crippen LogP contribution is -1.97. The molecule has 0 spiro atoms. The van der Waals surface area contributed by atoms with Gasteiger partial charge in [-0.3, -0.25) is 0 Å². The van der Waals surface area contributed by atoms with Crippen LogP contribution in [0.4, 0.5) is 5.69 Å². The van der Waals surface area contributed by atoms with Gasteiger partial charge in [0.15, 0.2) is 0 Å². The number of nitrogens with two attached hydrogens (primary N) is 1. The molecule has 3 nitrogen and oxygen atoms in total. The second kappa shape index (κ2) is 5.26. The smallest absolute Gasteiger partial charge is 0.0949 e.